The van der Waals surface area contributed by atoms with Crippen molar-refractivity contribution in [1.82, 2.24) is 10.6 Å². The Balaban J connectivity index is 2.35. The summed E-state index contributed by atoms with van der Waals surface area (Å²) >= 11 is 0. The molecule has 2 amide bonds. The van der Waals surface area contributed by atoms with Crippen LogP contribution in [0, 0.1) is 5.41 Å². The van der Waals surface area contributed by atoms with Crippen LogP contribution < -0.4 is 10.6 Å². The maximum atomic E-state index is 11.6. The van der Waals surface area contributed by atoms with Gasteiger partial charge in [-0.1, -0.05) is 0 Å². The molecule has 1 aliphatic carbocycles. The van der Waals surface area contributed by atoms with Crippen molar-refractivity contribution in [1.29, 1.82) is 0 Å². The number of urea groups is 1. The molecule has 0 unspecified atom stereocenters. The fourth-order valence-electron chi connectivity index (χ4n) is 1.86. The highest BCUT2D eigenvalue weighted by molar-refractivity contribution is 5.86. The normalized spacial score (nSPS) is 17.1. The van der Waals surface area contributed by atoms with Gasteiger partial charge in [0.2, 0.25) is 0 Å². The summed E-state index contributed by atoms with van der Waals surface area (Å²) in [5.41, 5.74) is 0.0405. The Morgan fingerprint density at radius 1 is 1.30 bits per heavy atom. The second-order valence-corrected chi connectivity index (χ2v) is 5.06. The standard InChI is InChI=1S/C12H20N2O6/c1-20-5-4-12(2-3-12)7-13-11(19)14-8(10(17)18)6-9(15)16/h8H,2-7H2,1H3,(H,15,16)(H,17,18)(H2,13,14,19)/t8-/m1/s1. The van der Waals surface area contributed by atoms with Crippen molar-refractivity contribution in [3.63, 3.8) is 0 Å². The van der Waals surface area contributed by atoms with Crippen molar-refractivity contribution < 1.29 is 29.3 Å². The van der Waals surface area contributed by atoms with Crippen LogP contribution in [-0.4, -0.2) is 54.5 Å². The third-order valence-electron chi connectivity index (χ3n) is 3.40. The van der Waals surface area contributed by atoms with Crippen molar-refractivity contribution in [3.05, 3.63) is 0 Å². The summed E-state index contributed by atoms with van der Waals surface area (Å²) in [6.45, 7) is 1.04. The Kier molecular flexibility index (Phi) is 5.75. The molecule has 8 nitrogen and oxygen atoms in total. The SMILES string of the molecule is COCCC1(CNC(=O)N[C@H](CC(=O)O)C(=O)O)CC1. The van der Waals surface area contributed by atoms with E-state index in [1.807, 2.05) is 0 Å². The lowest BCUT2D eigenvalue weighted by Crippen LogP contribution is -2.48. The zero-order valence-corrected chi connectivity index (χ0v) is 11.3. The Morgan fingerprint density at radius 3 is 2.40 bits per heavy atom. The van der Waals surface area contributed by atoms with Crippen molar-refractivity contribution in [2.45, 2.75) is 31.7 Å². The predicted molar refractivity (Wildman–Crippen MR) is 68.4 cm³/mol. The molecule has 0 radical (unpaired) electrons. The van der Waals surface area contributed by atoms with Crippen molar-refractivity contribution in [2.24, 2.45) is 5.41 Å². The van der Waals surface area contributed by atoms with Gasteiger partial charge in [-0.25, -0.2) is 9.59 Å². The van der Waals surface area contributed by atoms with E-state index in [2.05, 4.69) is 10.6 Å². The molecule has 0 bridgehead atoms. The van der Waals surface area contributed by atoms with E-state index >= 15 is 0 Å². The molecular weight excluding hydrogens is 268 g/mol. The number of hydrogen-bond acceptors (Lipinski definition) is 4. The summed E-state index contributed by atoms with van der Waals surface area (Å²) in [6, 6.07) is -2.09. The van der Waals surface area contributed by atoms with Crippen LogP contribution in [0.2, 0.25) is 0 Å². The molecule has 8 heteroatoms. The van der Waals surface area contributed by atoms with E-state index in [0.717, 1.165) is 19.3 Å². The molecule has 0 aromatic heterocycles. The Morgan fingerprint density at radius 2 is 1.95 bits per heavy atom. The maximum absolute atomic E-state index is 11.6. The Labute approximate surface area is 116 Å². The predicted octanol–water partition coefficient (Wildman–Crippen LogP) is 0.0302. The second-order valence-electron chi connectivity index (χ2n) is 5.06. The summed E-state index contributed by atoms with van der Waals surface area (Å²) in [7, 11) is 1.61. The molecule has 114 valence electrons. The number of methoxy groups -OCH3 is 1. The van der Waals surface area contributed by atoms with Gasteiger partial charge in [0.05, 0.1) is 6.42 Å². The third kappa shape index (κ3) is 5.43. The van der Waals surface area contributed by atoms with Crippen LogP contribution in [0.15, 0.2) is 0 Å². The topological polar surface area (TPSA) is 125 Å². The van der Waals surface area contributed by atoms with E-state index in [1.54, 1.807) is 7.11 Å². The molecule has 20 heavy (non-hydrogen) atoms. The van der Waals surface area contributed by atoms with E-state index in [9.17, 15) is 14.4 Å². The van der Waals surface area contributed by atoms with Crippen LogP contribution in [0.25, 0.3) is 0 Å². The minimum absolute atomic E-state index is 0.0405. The molecule has 0 heterocycles. The monoisotopic (exact) mass is 288 g/mol. The summed E-state index contributed by atoms with van der Waals surface area (Å²) in [5, 5.41) is 22.1. The number of ether oxygens (including phenoxy) is 1. The number of carboxylic acid groups (broad SMARTS) is 2. The Bertz CT molecular complexity index is 380. The van der Waals surface area contributed by atoms with Gasteiger partial charge in [-0.2, -0.15) is 0 Å². The number of carbonyl (C=O) groups excluding carboxylic acids is 1. The number of rotatable bonds is 9. The molecule has 0 spiro atoms. The zero-order valence-electron chi connectivity index (χ0n) is 11.3. The molecule has 4 N–H and O–H groups in total. The fourth-order valence-corrected chi connectivity index (χ4v) is 1.86. The minimum Gasteiger partial charge on any atom is -0.481 e. The molecule has 1 saturated carbocycles. The molecule has 0 aromatic rings. The third-order valence-corrected chi connectivity index (χ3v) is 3.40. The van der Waals surface area contributed by atoms with Gasteiger partial charge in [0.25, 0.3) is 0 Å². The number of carbonyl (C=O) groups is 3. The molecule has 1 rings (SSSR count). The van der Waals surface area contributed by atoms with Gasteiger partial charge in [0.1, 0.15) is 6.04 Å². The lowest BCUT2D eigenvalue weighted by molar-refractivity contribution is -0.145. The van der Waals surface area contributed by atoms with Gasteiger partial charge in [0, 0.05) is 20.3 Å². The van der Waals surface area contributed by atoms with Gasteiger partial charge in [0.15, 0.2) is 0 Å². The van der Waals surface area contributed by atoms with Crippen LogP contribution in [-0.2, 0) is 14.3 Å². The van der Waals surface area contributed by atoms with Gasteiger partial charge in [-0.05, 0) is 24.7 Å². The molecule has 0 saturated heterocycles. The number of nitrogens with one attached hydrogen (secondary N) is 2. The summed E-state index contributed by atoms with van der Waals surface area (Å²) in [6.07, 6.45) is 2.17. The van der Waals surface area contributed by atoms with Gasteiger partial charge >= 0.3 is 18.0 Å². The smallest absolute Gasteiger partial charge is 0.326 e. The quantitative estimate of drug-likeness (QED) is 0.474. The van der Waals surface area contributed by atoms with Crippen LogP contribution in [0.3, 0.4) is 0 Å². The second kappa shape index (κ2) is 7.09. The van der Waals surface area contributed by atoms with Gasteiger partial charge < -0.3 is 25.6 Å². The largest absolute Gasteiger partial charge is 0.481 e. The number of aliphatic carboxylic acids is 2. The van der Waals surface area contributed by atoms with E-state index in [-0.39, 0.29) is 5.41 Å². The molecule has 0 aliphatic heterocycles. The van der Waals surface area contributed by atoms with Crippen molar-refractivity contribution in [3.8, 4) is 0 Å². The molecule has 1 aliphatic rings. The van der Waals surface area contributed by atoms with Crippen molar-refractivity contribution in [2.75, 3.05) is 20.3 Å². The lowest BCUT2D eigenvalue weighted by Gasteiger charge is -2.17. The number of carboxylic acids is 2. The fraction of sp³-hybridized carbons (Fsp3) is 0.750. The average Bonchev–Trinajstić information content (AvgIpc) is 3.13. The van der Waals surface area contributed by atoms with Crippen LogP contribution >= 0.6 is 0 Å². The van der Waals surface area contributed by atoms with E-state index in [1.165, 1.54) is 0 Å². The first-order valence-electron chi connectivity index (χ1n) is 6.36. The first-order valence-corrected chi connectivity index (χ1v) is 6.36. The zero-order chi connectivity index (χ0) is 15.2. The van der Waals surface area contributed by atoms with E-state index in [4.69, 9.17) is 14.9 Å². The average molecular weight is 288 g/mol. The first-order chi connectivity index (χ1) is 9.38. The molecule has 1 fully saturated rings. The highest BCUT2D eigenvalue weighted by Crippen LogP contribution is 2.48. The number of hydrogen-bond donors (Lipinski definition) is 4. The minimum atomic E-state index is -1.43. The van der Waals surface area contributed by atoms with Crippen molar-refractivity contribution >= 4 is 18.0 Å². The highest BCUT2D eigenvalue weighted by Gasteiger charge is 2.42. The van der Waals surface area contributed by atoms with Gasteiger partial charge in [-0.15, -0.1) is 0 Å². The Hall–Kier alpha value is -1.83. The first kappa shape index (κ1) is 16.2. The van der Waals surface area contributed by atoms with Crippen LogP contribution in [0.1, 0.15) is 25.7 Å². The summed E-state index contributed by atoms with van der Waals surface area (Å²) in [4.78, 5) is 32.9. The molecule has 1 atom stereocenters. The van der Waals surface area contributed by atoms with E-state index in [0.29, 0.717) is 13.2 Å². The van der Waals surface area contributed by atoms with Gasteiger partial charge in [-0.3, -0.25) is 4.79 Å². The highest BCUT2D eigenvalue weighted by atomic mass is 16.5. The molecular formula is C12H20N2O6. The van der Waals surface area contributed by atoms with Crippen LogP contribution in [0.4, 0.5) is 4.79 Å². The molecule has 0 aromatic carbocycles. The number of amides is 2. The summed E-state index contributed by atoms with van der Waals surface area (Å²) < 4.78 is 4.99. The lowest BCUT2D eigenvalue weighted by atomic mass is 10.0. The van der Waals surface area contributed by atoms with Crippen LogP contribution in [0.5, 0.6) is 0 Å². The summed E-state index contributed by atoms with van der Waals surface area (Å²) in [5.74, 6) is -2.65. The van der Waals surface area contributed by atoms with E-state index < -0.39 is 30.4 Å². The maximum Gasteiger partial charge on any atom is 0.326 e.